The Kier molecular flexibility index (Phi) is 5.56. The summed E-state index contributed by atoms with van der Waals surface area (Å²) in [5.41, 5.74) is 2.66. The molecule has 2 aromatic rings. The van der Waals surface area contributed by atoms with Crippen molar-refractivity contribution in [2.45, 2.75) is 39.0 Å². The lowest BCUT2D eigenvalue weighted by molar-refractivity contribution is 0.134. The van der Waals surface area contributed by atoms with Crippen molar-refractivity contribution in [1.29, 1.82) is 0 Å². The van der Waals surface area contributed by atoms with Gasteiger partial charge in [0.05, 0.1) is 6.61 Å². The highest BCUT2D eigenvalue weighted by Crippen LogP contribution is 2.30. The van der Waals surface area contributed by atoms with Crippen LogP contribution >= 0.6 is 0 Å². The van der Waals surface area contributed by atoms with Gasteiger partial charge in [-0.3, -0.25) is 0 Å². The number of hydrogen-bond acceptors (Lipinski definition) is 3. The van der Waals surface area contributed by atoms with Crippen LogP contribution in [-0.2, 0) is 17.9 Å². The monoisotopic (exact) mass is 340 g/mol. The first-order valence-corrected chi connectivity index (χ1v) is 8.68. The lowest BCUT2D eigenvalue weighted by atomic mass is 10.2. The minimum atomic E-state index is -0.116. The minimum Gasteiger partial charge on any atom is -0.508 e. The number of aromatic hydroxyl groups is 1. The lowest BCUT2D eigenvalue weighted by Gasteiger charge is -2.24. The number of amides is 2. The molecule has 2 amide bonds. The molecular formula is C20H24N2O3. The van der Waals surface area contributed by atoms with Crippen molar-refractivity contribution >= 4 is 11.7 Å². The maximum atomic E-state index is 12.8. The standard InChI is InChI=1S/C20H24N2O3/c1-2-25-14-16-7-3-4-9-19(16)21-20(24)22(17-10-11-17)13-15-6-5-8-18(23)12-15/h3-9,12,17,23H,2,10-11,13-14H2,1H3,(H,21,24). The molecule has 2 aromatic carbocycles. The molecular weight excluding hydrogens is 316 g/mol. The number of carbonyl (C=O) groups is 1. The summed E-state index contributed by atoms with van der Waals surface area (Å²) in [6.07, 6.45) is 2.04. The Morgan fingerprint density at radius 1 is 1.24 bits per heavy atom. The lowest BCUT2D eigenvalue weighted by Crippen LogP contribution is -2.36. The van der Waals surface area contributed by atoms with Gasteiger partial charge in [-0.1, -0.05) is 30.3 Å². The van der Waals surface area contributed by atoms with Crippen LogP contribution in [-0.4, -0.2) is 28.7 Å². The molecule has 1 aliphatic rings. The molecule has 0 radical (unpaired) electrons. The van der Waals surface area contributed by atoms with E-state index < -0.39 is 0 Å². The predicted molar refractivity (Wildman–Crippen MR) is 97.5 cm³/mol. The van der Waals surface area contributed by atoms with E-state index in [0.29, 0.717) is 19.8 Å². The first-order valence-electron chi connectivity index (χ1n) is 8.68. The number of phenolic OH excluding ortho intramolecular Hbond substituents is 1. The van der Waals surface area contributed by atoms with Gasteiger partial charge in [0.15, 0.2) is 0 Å². The molecule has 0 bridgehead atoms. The Morgan fingerprint density at radius 3 is 2.76 bits per heavy atom. The summed E-state index contributed by atoms with van der Waals surface area (Å²) < 4.78 is 5.48. The molecule has 5 nitrogen and oxygen atoms in total. The van der Waals surface area contributed by atoms with Crippen molar-refractivity contribution in [3.05, 3.63) is 59.7 Å². The van der Waals surface area contributed by atoms with Crippen LogP contribution < -0.4 is 5.32 Å². The largest absolute Gasteiger partial charge is 0.508 e. The van der Waals surface area contributed by atoms with Crippen LogP contribution in [0.15, 0.2) is 48.5 Å². The first-order chi connectivity index (χ1) is 12.2. The number of nitrogens with zero attached hydrogens (tertiary/aromatic N) is 1. The fourth-order valence-electron chi connectivity index (χ4n) is 2.77. The van der Waals surface area contributed by atoms with E-state index in [-0.39, 0.29) is 17.8 Å². The zero-order valence-electron chi connectivity index (χ0n) is 14.4. The molecule has 0 atom stereocenters. The molecule has 2 N–H and O–H groups in total. The molecule has 132 valence electrons. The maximum absolute atomic E-state index is 12.8. The van der Waals surface area contributed by atoms with E-state index in [1.807, 2.05) is 42.2 Å². The van der Waals surface area contributed by atoms with Gasteiger partial charge >= 0.3 is 6.03 Å². The molecule has 3 rings (SSSR count). The van der Waals surface area contributed by atoms with E-state index in [4.69, 9.17) is 4.74 Å². The number of urea groups is 1. The van der Waals surface area contributed by atoms with Crippen molar-refractivity contribution in [1.82, 2.24) is 4.90 Å². The zero-order valence-corrected chi connectivity index (χ0v) is 14.4. The summed E-state index contributed by atoms with van der Waals surface area (Å²) >= 11 is 0. The molecule has 0 saturated heterocycles. The number of hydrogen-bond donors (Lipinski definition) is 2. The summed E-state index contributed by atoms with van der Waals surface area (Å²) in [6.45, 7) is 3.54. The molecule has 0 heterocycles. The maximum Gasteiger partial charge on any atom is 0.322 e. The summed E-state index contributed by atoms with van der Waals surface area (Å²) in [4.78, 5) is 14.7. The van der Waals surface area contributed by atoms with Gasteiger partial charge in [0, 0.05) is 30.4 Å². The van der Waals surface area contributed by atoms with Crippen molar-refractivity contribution in [3.63, 3.8) is 0 Å². The van der Waals surface area contributed by atoms with E-state index in [2.05, 4.69) is 5.32 Å². The van der Waals surface area contributed by atoms with Gasteiger partial charge in [-0.05, 0) is 43.5 Å². The van der Waals surface area contributed by atoms with Crippen molar-refractivity contribution in [2.75, 3.05) is 11.9 Å². The molecule has 0 aliphatic heterocycles. The Bertz CT molecular complexity index is 728. The van der Waals surface area contributed by atoms with Gasteiger partial charge in [0.2, 0.25) is 0 Å². The predicted octanol–water partition coefficient (Wildman–Crippen LogP) is 4.13. The molecule has 5 heteroatoms. The van der Waals surface area contributed by atoms with Crippen molar-refractivity contribution < 1.29 is 14.6 Å². The Balaban J connectivity index is 1.71. The molecule has 25 heavy (non-hydrogen) atoms. The summed E-state index contributed by atoms with van der Waals surface area (Å²) in [7, 11) is 0. The van der Waals surface area contributed by atoms with E-state index in [1.54, 1.807) is 18.2 Å². The number of benzene rings is 2. The topological polar surface area (TPSA) is 61.8 Å². The average Bonchev–Trinajstić information content (AvgIpc) is 3.44. The normalized spacial score (nSPS) is 13.5. The Morgan fingerprint density at radius 2 is 2.04 bits per heavy atom. The summed E-state index contributed by atoms with van der Waals surface area (Å²) in [6, 6.07) is 14.9. The molecule has 1 aliphatic carbocycles. The van der Waals surface area contributed by atoms with Gasteiger partial charge in [-0.2, -0.15) is 0 Å². The van der Waals surface area contributed by atoms with E-state index >= 15 is 0 Å². The van der Waals surface area contributed by atoms with Gasteiger partial charge in [-0.15, -0.1) is 0 Å². The van der Waals surface area contributed by atoms with E-state index in [0.717, 1.165) is 29.7 Å². The number of phenols is 1. The molecule has 0 spiro atoms. The SMILES string of the molecule is CCOCc1ccccc1NC(=O)N(Cc1cccc(O)c1)C1CC1. The highest BCUT2D eigenvalue weighted by Gasteiger charge is 2.32. The van der Waals surface area contributed by atoms with Crippen LogP contribution in [0.1, 0.15) is 30.9 Å². The van der Waals surface area contributed by atoms with Crippen LogP contribution in [0.25, 0.3) is 0 Å². The molecule has 1 saturated carbocycles. The van der Waals surface area contributed by atoms with Crippen LogP contribution in [0.2, 0.25) is 0 Å². The number of anilines is 1. The van der Waals surface area contributed by atoms with E-state index in [1.165, 1.54) is 0 Å². The zero-order chi connectivity index (χ0) is 17.6. The minimum absolute atomic E-state index is 0.116. The highest BCUT2D eigenvalue weighted by molar-refractivity contribution is 5.90. The van der Waals surface area contributed by atoms with Gasteiger partial charge < -0.3 is 20.1 Å². The third-order valence-corrected chi connectivity index (χ3v) is 4.23. The van der Waals surface area contributed by atoms with Crippen LogP contribution in [0.4, 0.5) is 10.5 Å². The highest BCUT2D eigenvalue weighted by atomic mass is 16.5. The number of ether oxygens (including phenoxy) is 1. The second-order valence-corrected chi connectivity index (χ2v) is 6.25. The second kappa shape index (κ2) is 8.03. The van der Waals surface area contributed by atoms with Gasteiger partial charge in [0.1, 0.15) is 5.75 Å². The van der Waals surface area contributed by atoms with Crippen LogP contribution in [0.3, 0.4) is 0 Å². The third kappa shape index (κ3) is 4.73. The first kappa shape index (κ1) is 17.3. The summed E-state index contributed by atoms with van der Waals surface area (Å²) in [5, 5.41) is 12.7. The van der Waals surface area contributed by atoms with Gasteiger partial charge in [0.25, 0.3) is 0 Å². The molecule has 1 fully saturated rings. The quantitative estimate of drug-likeness (QED) is 0.797. The van der Waals surface area contributed by atoms with E-state index in [9.17, 15) is 9.90 Å². The second-order valence-electron chi connectivity index (χ2n) is 6.25. The number of nitrogens with one attached hydrogen (secondary N) is 1. The van der Waals surface area contributed by atoms with Crippen molar-refractivity contribution in [3.8, 4) is 5.75 Å². The summed E-state index contributed by atoms with van der Waals surface area (Å²) in [5.74, 6) is 0.218. The van der Waals surface area contributed by atoms with Crippen LogP contribution in [0, 0.1) is 0 Å². The number of para-hydroxylation sites is 1. The molecule has 0 aromatic heterocycles. The smallest absolute Gasteiger partial charge is 0.322 e. The third-order valence-electron chi connectivity index (χ3n) is 4.23. The fourth-order valence-corrected chi connectivity index (χ4v) is 2.77. The molecule has 0 unspecified atom stereocenters. The Labute approximate surface area is 148 Å². The number of carbonyl (C=O) groups excluding carboxylic acids is 1. The average molecular weight is 340 g/mol. The van der Waals surface area contributed by atoms with Crippen LogP contribution in [0.5, 0.6) is 5.75 Å². The Hall–Kier alpha value is -2.53. The van der Waals surface area contributed by atoms with Crippen molar-refractivity contribution in [2.24, 2.45) is 0 Å². The fraction of sp³-hybridized carbons (Fsp3) is 0.350. The number of rotatable bonds is 7. The van der Waals surface area contributed by atoms with Gasteiger partial charge in [-0.25, -0.2) is 4.79 Å².